The van der Waals surface area contributed by atoms with Gasteiger partial charge in [-0.15, -0.1) is 11.8 Å². The van der Waals surface area contributed by atoms with E-state index < -0.39 is 28.5 Å². The number of amides is 2. The van der Waals surface area contributed by atoms with Gasteiger partial charge < -0.3 is 15.0 Å². The van der Waals surface area contributed by atoms with Crippen LogP contribution in [0.1, 0.15) is 33.3 Å². The number of rotatable bonds is 13. The SMILES string of the molecule is CCOc1ccccc1N(CC(=O)N(Cc1ccccc1Cl)[C@H](C)C(=O)NC(C)C)S(=O)(=O)c1ccc(SC)cc1. The number of benzene rings is 3. The summed E-state index contributed by atoms with van der Waals surface area (Å²) in [4.78, 5) is 29.4. The number of carbonyl (C=O) groups is 2. The van der Waals surface area contributed by atoms with Crippen LogP contribution in [0.25, 0.3) is 0 Å². The molecule has 3 aromatic carbocycles. The predicted molar refractivity (Wildman–Crippen MR) is 165 cm³/mol. The zero-order valence-corrected chi connectivity index (χ0v) is 26.2. The van der Waals surface area contributed by atoms with E-state index in [1.165, 1.54) is 28.8 Å². The topological polar surface area (TPSA) is 96.0 Å². The Balaban J connectivity index is 2.10. The van der Waals surface area contributed by atoms with Crippen molar-refractivity contribution in [1.82, 2.24) is 10.2 Å². The Labute approximate surface area is 252 Å². The summed E-state index contributed by atoms with van der Waals surface area (Å²) in [5.74, 6) is -0.625. The van der Waals surface area contributed by atoms with Gasteiger partial charge in [-0.05, 0) is 82.0 Å². The van der Waals surface area contributed by atoms with Crippen LogP contribution in [0.4, 0.5) is 5.69 Å². The first-order valence-electron chi connectivity index (χ1n) is 13.2. The van der Waals surface area contributed by atoms with E-state index in [0.717, 1.165) is 9.20 Å². The summed E-state index contributed by atoms with van der Waals surface area (Å²) in [6, 6.07) is 19.1. The average Bonchev–Trinajstić information content (AvgIpc) is 2.95. The van der Waals surface area contributed by atoms with Crippen LogP contribution in [0.3, 0.4) is 0 Å². The largest absolute Gasteiger partial charge is 0.492 e. The number of hydrogen-bond acceptors (Lipinski definition) is 6. The quantitative estimate of drug-likeness (QED) is 0.251. The fourth-order valence-corrected chi connectivity index (χ4v) is 6.16. The summed E-state index contributed by atoms with van der Waals surface area (Å²) in [6.07, 6.45) is 1.90. The Hall–Kier alpha value is -3.21. The molecule has 0 aromatic heterocycles. The number of anilines is 1. The van der Waals surface area contributed by atoms with E-state index in [1.807, 2.05) is 20.1 Å². The van der Waals surface area contributed by atoms with Crippen molar-refractivity contribution < 1.29 is 22.7 Å². The second-order valence-corrected chi connectivity index (χ2v) is 12.7. The first-order chi connectivity index (χ1) is 19.5. The van der Waals surface area contributed by atoms with E-state index in [-0.39, 0.29) is 29.1 Å². The third-order valence-electron chi connectivity index (χ3n) is 6.26. The summed E-state index contributed by atoms with van der Waals surface area (Å²) in [5, 5.41) is 3.27. The van der Waals surface area contributed by atoms with Gasteiger partial charge in [0.2, 0.25) is 11.8 Å². The zero-order chi connectivity index (χ0) is 30.2. The summed E-state index contributed by atoms with van der Waals surface area (Å²) in [7, 11) is -4.22. The molecule has 0 radical (unpaired) electrons. The van der Waals surface area contributed by atoms with E-state index in [1.54, 1.807) is 74.5 Å². The summed E-state index contributed by atoms with van der Waals surface area (Å²) in [6.45, 7) is 6.79. The Morgan fingerprint density at radius 2 is 1.61 bits per heavy atom. The minimum Gasteiger partial charge on any atom is -0.492 e. The summed E-state index contributed by atoms with van der Waals surface area (Å²) >= 11 is 7.90. The second-order valence-electron chi connectivity index (χ2n) is 9.54. The third kappa shape index (κ3) is 8.18. The highest BCUT2D eigenvalue weighted by Gasteiger charge is 2.34. The lowest BCUT2D eigenvalue weighted by molar-refractivity contribution is -0.139. The number of carbonyl (C=O) groups excluding carboxylic acids is 2. The van der Waals surface area contributed by atoms with Crippen molar-refractivity contribution >= 4 is 50.9 Å². The van der Waals surface area contributed by atoms with Crippen LogP contribution in [-0.2, 0) is 26.2 Å². The van der Waals surface area contributed by atoms with Crippen molar-refractivity contribution in [3.05, 3.63) is 83.4 Å². The van der Waals surface area contributed by atoms with Gasteiger partial charge in [0.25, 0.3) is 10.0 Å². The van der Waals surface area contributed by atoms with Crippen molar-refractivity contribution in [2.75, 3.05) is 23.7 Å². The van der Waals surface area contributed by atoms with Gasteiger partial charge in [0.15, 0.2) is 0 Å². The molecule has 0 saturated carbocycles. The van der Waals surface area contributed by atoms with Crippen LogP contribution in [0.5, 0.6) is 5.75 Å². The number of ether oxygens (including phenoxy) is 1. The summed E-state index contributed by atoms with van der Waals surface area (Å²) < 4.78 is 35.0. The highest BCUT2D eigenvalue weighted by Crippen LogP contribution is 2.33. The maximum Gasteiger partial charge on any atom is 0.264 e. The molecule has 0 saturated heterocycles. The lowest BCUT2D eigenvalue weighted by Gasteiger charge is -2.33. The number of halogens is 1. The number of nitrogens with one attached hydrogen (secondary N) is 1. The molecule has 1 atom stereocenters. The molecule has 41 heavy (non-hydrogen) atoms. The molecular weight excluding hydrogens is 582 g/mol. The van der Waals surface area contributed by atoms with Crippen LogP contribution in [0, 0.1) is 0 Å². The number of sulfonamides is 1. The van der Waals surface area contributed by atoms with Crippen LogP contribution >= 0.6 is 23.4 Å². The van der Waals surface area contributed by atoms with Crippen molar-refractivity contribution in [3.8, 4) is 5.75 Å². The van der Waals surface area contributed by atoms with E-state index >= 15 is 0 Å². The first kappa shape index (κ1) is 32.3. The molecule has 2 amide bonds. The molecule has 0 aliphatic carbocycles. The monoisotopic (exact) mass is 617 g/mol. The van der Waals surface area contributed by atoms with Crippen LogP contribution in [0.2, 0.25) is 5.02 Å². The molecule has 0 bridgehead atoms. The molecule has 0 spiro atoms. The molecule has 8 nitrogen and oxygen atoms in total. The number of hydrogen-bond donors (Lipinski definition) is 1. The Kier molecular flexibility index (Phi) is 11.5. The van der Waals surface area contributed by atoms with Crippen molar-refractivity contribution in [2.24, 2.45) is 0 Å². The number of nitrogens with zero attached hydrogens (tertiary/aromatic N) is 2. The van der Waals surface area contributed by atoms with Gasteiger partial charge in [0.05, 0.1) is 17.2 Å². The molecule has 11 heteroatoms. The highest BCUT2D eigenvalue weighted by molar-refractivity contribution is 7.98. The molecule has 0 fully saturated rings. The van der Waals surface area contributed by atoms with E-state index in [2.05, 4.69) is 5.32 Å². The number of para-hydroxylation sites is 2. The number of thioether (sulfide) groups is 1. The fraction of sp³-hybridized carbons (Fsp3) is 0.333. The molecule has 3 aromatic rings. The average molecular weight is 618 g/mol. The fourth-order valence-electron chi connectivity index (χ4n) is 4.13. The Morgan fingerprint density at radius 3 is 2.22 bits per heavy atom. The molecule has 220 valence electrons. The normalized spacial score (nSPS) is 12.1. The van der Waals surface area contributed by atoms with Crippen molar-refractivity contribution in [1.29, 1.82) is 0 Å². The maximum atomic E-state index is 14.1. The molecule has 0 aliphatic heterocycles. The first-order valence-corrected chi connectivity index (χ1v) is 16.3. The smallest absolute Gasteiger partial charge is 0.264 e. The predicted octanol–water partition coefficient (Wildman–Crippen LogP) is 5.60. The van der Waals surface area contributed by atoms with Gasteiger partial charge in [-0.2, -0.15) is 0 Å². The van der Waals surface area contributed by atoms with Crippen LogP contribution in [-0.4, -0.2) is 56.6 Å². The van der Waals surface area contributed by atoms with Crippen LogP contribution in [0.15, 0.2) is 82.6 Å². The minimum atomic E-state index is -4.22. The van der Waals surface area contributed by atoms with Gasteiger partial charge in [-0.3, -0.25) is 13.9 Å². The van der Waals surface area contributed by atoms with Crippen molar-refractivity contribution in [3.63, 3.8) is 0 Å². The van der Waals surface area contributed by atoms with E-state index in [4.69, 9.17) is 16.3 Å². The second kappa shape index (κ2) is 14.6. The van der Waals surface area contributed by atoms with E-state index in [9.17, 15) is 18.0 Å². The Bertz CT molecular complexity index is 1450. The standard InChI is InChI=1S/C30H36ClN3O5S2/c1-6-39-28-14-10-9-13-27(28)34(41(37,38)25-17-15-24(40-5)16-18-25)20-29(35)33(22(4)30(36)32-21(2)3)19-23-11-7-8-12-26(23)31/h7-18,21-22H,6,19-20H2,1-5H3,(H,32,36)/t22-/m1/s1. The van der Waals surface area contributed by atoms with Crippen LogP contribution < -0.4 is 14.4 Å². The summed E-state index contributed by atoms with van der Waals surface area (Å²) in [5.41, 5.74) is 0.845. The highest BCUT2D eigenvalue weighted by atomic mass is 35.5. The molecule has 3 rings (SSSR count). The van der Waals surface area contributed by atoms with Gasteiger partial charge in [0.1, 0.15) is 18.3 Å². The van der Waals surface area contributed by atoms with Gasteiger partial charge in [-0.25, -0.2) is 8.42 Å². The lowest BCUT2D eigenvalue weighted by atomic mass is 10.1. The molecule has 1 N–H and O–H groups in total. The maximum absolute atomic E-state index is 14.1. The molecule has 0 unspecified atom stereocenters. The van der Waals surface area contributed by atoms with Gasteiger partial charge in [-0.1, -0.05) is 41.9 Å². The van der Waals surface area contributed by atoms with Crippen molar-refractivity contribution in [2.45, 2.75) is 56.1 Å². The van der Waals surface area contributed by atoms with Gasteiger partial charge in [0, 0.05) is 22.5 Å². The minimum absolute atomic E-state index is 0.00853. The molecular formula is C30H36ClN3O5S2. The molecule has 0 aliphatic rings. The lowest BCUT2D eigenvalue weighted by Crippen LogP contribution is -2.52. The van der Waals surface area contributed by atoms with E-state index in [0.29, 0.717) is 22.9 Å². The zero-order valence-electron chi connectivity index (χ0n) is 23.8. The Morgan fingerprint density at radius 1 is 0.976 bits per heavy atom. The third-order valence-corrected chi connectivity index (χ3v) is 9.14. The van der Waals surface area contributed by atoms with Gasteiger partial charge >= 0.3 is 0 Å². The molecule has 0 heterocycles.